The van der Waals surface area contributed by atoms with Crippen LogP contribution in [0.5, 0.6) is 5.75 Å². The summed E-state index contributed by atoms with van der Waals surface area (Å²) in [5.41, 5.74) is 7.74. The normalized spacial score (nSPS) is 12.2. The summed E-state index contributed by atoms with van der Waals surface area (Å²) < 4.78 is 34.3. The van der Waals surface area contributed by atoms with Gasteiger partial charge in [-0.1, -0.05) is 64.5 Å². The quantitative estimate of drug-likeness (QED) is 0.161. The number of hydrogen-bond donors (Lipinski definition) is 4. The van der Waals surface area contributed by atoms with Gasteiger partial charge in [0.2, 0.25) is 10.0 Å². The Labute approximate surface area is 222 Å². The van der Waals surface area contributed by atoms with E-state index < -0.39 is 22.0 Å². The summed E-state index contributed by atoms with van der Waals surface area (Å²) in [4.78, 5) is 11.8. The molecule has 4 aromatic rings. The van der Waals surface area contributed by atoms with Crippen molar-refractivity contribution in [3.8, 4) is 5.75 Å². The maximum Gasteiger partial charge on any atom is 0.322 e. The van der Waals surface area contributed by atoms with Crippen LogP contribution in [0.1, 0.15) is 16.7 Å². The summed E-state index contributed by atoms with van der Waals surface area (Å²) in [7, 11) is -4.01. The number of rotatable bonds is 10. The third kappa shape index (κ3) is 6.73. The molecular formula is C27H24BrN3O5S. The molecule has 0 heterocycles. The molecule has 0 bridgehead atoms. The fraction of sp³-hybridized carbons (Fsp3) is 0.111. The van der Waals surface area contributed by atoms with Crippen molar-refractivity contribution in [2.45, 2.75) is 24.0 Å². The molecule has 0 radical (unpaired) electrons. The van der Waals surface area contributed by atoms with Gasteiger partial charge in [-0.15, -0.1) is 0 Å². The van der Waals surface area contributed by atoms with Crippen LogP contribution < -0.4 is 15.2 Å². The molecule has 1 unspecified atom stereocenters. The van der Waals surface area contributed by atoms with E-state index in [0.717, 1.165) is 16.3 Å². The van der Waals surface area contributed by atoms with Crippen LogP contribution in [0.4, 0.5) is 0 Å². The Hall–Kier alpha value is -3.73. The maximum absolute atomic E-state index is 12.7. The second-order valence-corrected chi connectivity index (χ2v) is 11.0. The molecule has 0 fully saturated rings. The number of carboxylic acid groups (broad SMARTS) is 1. The first-order chi connectivity index (χ1) is 17.6. The molecule has 190 valence electrons. The van der Waals surface area contributed by atoms with Crippen molar-refractivity contribution in [3.05, 3.63) is 106 Å². The highest BCUT2D eigenvalue weighted by Crippen LogP contribution is 2.24. The average Bonchev–Trinajstić information content (AvgIpc) is 2.87. The number of carbonyl (C=O) groups is 1. The highest BCUT2D eigenvalue weighted by atomic mass is 79.9. The third-order valence-electron chi connectivity index (χ3n) is 5.71. The number of fused-ring (bicyclic) bond motifs is 1. The van der Waals surface area contributed by atoms with Crippen LogP contribution in [0.3, 0.4) is 0 Å². The summed E-state index contributed by atoms with van der Waals surface area (Å²) in [6.45, 7) is 0.348. The Morgan fingerprint density at radius 1 is 0.946 bits per heavy atom. The number of benzene rings is 4. The average molecular weight is 582 g/mol. The van der Waals surface area contributed by atoms with Crippen LogP contribution in [0.2, 0.25) is 0 Å². The molecule has 0 saturated heterocycles. The van der Waals surface area contributed by atoms with Gasteiger partial charge < -0.3 is 15.6 Å². The van der Waals surface area contributed by atoms with Gasteiger partial charge >= 0.3 is 5.97 Å². The zero-order valence-electron chi connectivity index (χ0n) is 19.5. The second kappa shape index (κ2) is 11.1. The minimum atomic E-state index is -4.01. The molecule has 0 aliphatic heterocycles. The zero-order chi connectivity index (χ0) is 26.6. The summed E-state index contributed by atoms with van der Waals surface area (Å²) >= 11 is 3.25. The topological polar surface area (TPSA) is 143 Å². The van der Waals surface area contributed by atoms with E-state index in [1.54, 1.807) is 30.3 Å². The number of carboxylic acids is 1. The Morgan fingerprint density at radius 3 is 2.22 bits per heavy atom. The Kier molecular flexibility index (Phi) is 7.91. The van der Waals surface area contributed by atoms with E-state index in [9.17, 15) is 18.3 Å². The molecule has 0 aliphatic rings. The van der Waals surface area contributed by atoms with Crippen LogP contribution in [-0.4, -0.2) is 31.4 Å². The van der Waals surface area contributed by atoms with Crippen molar-refractivity contribution in [1.29, 1.82) is 5.41 Å². The number of halogens is 1. The summed E-state index contributed by atoms with van der Waals surface area (Å²) in [6.07, 6.45) is -0.0183. The van der Waals surface area contributed by atoms with Gasteiger partial charge in [-0.05, 0) is 64.7 Å². The van der Waals surface area contributed by atoms with Crippen molar-refractivity contribution < 1.29 is 23.1 Å². The lowest BCUT2D eigenvalue weighted by atomic mass is 10.0. The molecule has 8 nitrogen and oxygen atoms in total. The number of nitrogens with one attached hydrogen (secondary N) is 2. The molecular weight excluding hydrogens is 558 g/mol. The molecule has 1 atom stereocenters. The summed E-state index contributed by atoms with van der Waals surface area (Å²) in [5.74, 6) is -0.583. The van der Waals surface area contributed by atoms with Gasteiger partial charge in [-0.3, -0.25) is 10.2 Å². The fourth-order valence-corrected chi connectivity index (χ4v) is 5.17. The smallest absolute Gasteiger partial charge is 0.322 e. The van der Waals surface area contributed by atoms with Crippen molar-refractivity contribution in [2.75, 3.05) is 0 Å². The van der Waals surface area contributed by atoms with E-state index in [2.05, 4.69) is 20.7 Å². The van der Waals surface area contributed by atoms with Crippen molar-refractivity contribution in [2.24, 2.45) is 5.73 Å². The molecule has 0 saturated carbocycles. The molecule has 0 aliphatic carbocycles. The van der Waals surface area contributed by atoms with Gasteiger partial charge in [-0.2, -0.15) is 4.72 Å². The van der Waals surface area contributed by atoms with Gasteiger partial charge in [0, 0.05) is 10.0 Å². The van der Waals surface area contributed by atoms with E-state index in [0.29, 0.717) is 28.0 Å². The summed E-state index contributed by atoms with van der Waals surface area (Å²) in [6, 6.07) is 22.9. The largest absolute Gasteiger partial charge is 0.489 e. The Balaban J connectivity index is 1.45. The van der Waals surface area contributed by atoms with Gasteiger partial charge in [-0.25, -0.2) is 8.42 Å². The maximum atomic E-state index is 12.7. The highest BCUT2D eigenvalue weighted by Gasteiger charge is 2.25. The first-order valence-corrected chi connectivity index (χ1v) is 13.5. The number of amidine groups is 1. The molecule has 0 amide bonds. The predicted octanol–water partition coefficient (Wildman–Crippen LogP) is 4.44. The van der Waals surface area contributed by atoms with Crippen molar-refractivity contribution in [3.63, 3.8) is 0 Å². The van der Waals surface area contributed by atoms with E-state index in [4.69, 9.17) is 15.9 Å². The van der Waals surface area contributed by atoms with Crippen LogP contribution in [0.15, 0.2) is 94.3 Å². The van der Waals surface area contributed by atoms with E-state index in [1.807, 2.05) is 42.5 Å². The number of sulfonamides is 1. The monoisotopic (exact) mass is 581 g/mol. The molecule has 0 aromatic heterocycles. The van der Waals surface area contributed by atoms with Crippen LogP contribution in [0.25, 0.3) is 10.8 Å². The minimum Gasteiger partial charge on any atom is -0.489 e. The van der Waals surface area contributed by atoms with Gasteiger partial charge in [0.1, 0.15) is 24.2 Å². The first-order valence-electron chi connectivity index (χ1n) is 11.2. The lowest BCUT2D eigenvalue weighted by molar-refractivity contribution is -0.138. The van der Waals surface area contributed by atoms with E-state index in [-0.39, 0.29) is 17.2 Å². The number of aliphatic carboxylic acids is 1. The van der Waals surface area contributed by atoms with Gasteiger partial charge in [0.15, 0.2) is 0 Å². The highest BCUT2D eigenvalue weighted by molar-refractivity contribution is 9.10. The van der Waals surface area contributed by atoms with Gasteiger partial charge in [0.05, 0.1) is 4.90 Å². The fourth-order valence-electron chi connectivity index (χ4n) is 3.72. The first kappa shape index (κ1) is 26.3. The summed E-state index contributed by atoms with van der Waals surface area (Å²) in [5, 5.41) is 18.9. The van der Waals surface area contributed by atoms with Crippen LogP contribution >= 0.6 is 15.9 Å². The van der Waals surface area contributed by atoms with E-state index in [1.165, 1.54) is 12.1 Å². The Morgan fingerprint density at radius 2 is 1.57 bits per heavy atom. The number of ether oxygens (including phenoxy) is 1. The van der Waals surface area contributed by atoms with E-state index >= 15 is 0 Å². The predicted molar refractivity (Wildman–Crippen MR) is 145 cm³/mol. The molecule has 5 N–H and O–H groups in total. The number of nitrogens with two attached hydrogens (primary N) is 1. The minimum absolute atomic E-state index is 0.0113. The molecule has 37 heavy (non-hydrogen) atoms. The second-order valence-electron chi connectivity index (χ2n) is 8.41. The molecule has 10 heteroatoms. The lowest BCUT2D eigenvalue weighted by Crippen LogP contribution is -2.42. The SMILES string of the molecule is N=C(N)c1ccc(COc2ccc3cc(CC(NS(=O)(=O)c4ccc(Br)cc4)C(=O)O)ccc3c2)cc1. The lowest BCUT2D eigenvalue weighted by Gasteiger charge is -2.16. The standard InChI is InChI=1S/C27H24BrN3O5S/c28-22-8-11-24(12-9-22)37(34,35)31-25(27(32)33)14-18-3-6-21-15-23(10-7-20(21)13-18)36-16-17-1-4-19(5-2-17)26(29)30/h1-13,15,25,31H,14,16H2,(H3,29,30)(H,32,33). The Bertz CT molecular complexity index is 1560. The molecule has 0 spiro atoms. The molecule has 4 rings (SSSR count). The van der Waals surface area contributed by atoms with Crippen molar-refractivity contribution in [1.82, 2.24) is 4.72 Å². The van der Waals surface area contributed by atoms with Crippen LogP contribution in [0, 0.1) is 5.41 Å². The number of hydrogen-bond acceptors (Lipinski definition) is 5. The third-order valence-corrected chi connectivity index (χ3v) is 7.72. The van der Waals surface area contributed by atoms with Gasteiger partial charge in [0.25, 0.3) is 0 Å². The van der Waals surface area contributed by atoms with Crippen molar-refractivity contribution >= 4 is 48.5 Å². The van der Waals surface area contributed by atoms with Crippen LogP contribution in [-0.2, 0) is 27.8 Å². The zero-order valence-corrected chi connectivity index (χ0v) is 21.9. The number of nitrogen functional groups attached to an aromatic ring is 1. The molecule has 4 aromatic carbocycles.